The summed E-state index contributed by atoms with van der Waals surface area (Å²) in [6.07, 6.45) is -3.87. The van der Waals surface area contributed by atoms with Crippen molar-refractivity contribution in [1.82, 2.24) is 19.5 Å². The lowest BCUT2D eigenvalue weighted by Crippen LogP contribution is -2.44. The SMILES string of the molecule is CC(C)CNc1nc2c(ncn2[C@@H]2O[C@H](CO)[C@](O)(F)[C@H]2O)c(=O)[nH]1. The number of halogens is 1. The summed E-state index contributed by atoms with van der Waals surface area (Å²) in [5.41, 5.74) is -0.495. The Morgan fingerprint density at radius 3 is 2.88 bits per heavy atom. The number of rotatable bonds is 5. The molecule has 25 heavy (non-hydrogen) atoms. The Morgan fingerprint density at radius 2 is 2.28 bits per heavy atom. The average Bonchev–Trinajstić information content (AvgIpc) is 3.06. The van der Waals surface area contributed by atoms with E-state index in [1.807, 2.05) is 13.8 Å². The minimum absolute atomic E-state index is 0.0271. The van der Waals surface area contributed by atoms with E-state index >= 15 is 0 Å². The molecule has 2 aromatic heterocycles. The van der Waals surface area contributed by atoms with E-state index in [2.05, 4.69) is 20.3 Å². The molecule has 1 fully saturated rings. The van der Waals surface area contributed by atoms with Crippen LogP contribution in [0, 0.1) is 5.92 Å². The van der Waals surface area contributed by atoms with Crippen molar-refractivity contribution in [1.29, 1.82) is 0 Å². The molecule has 0 bridgehead atoms. The van der Waals surface area contributed by atoms with Gasteiger partial charge in [0.1, 0.15) is 6.10 Å². The fourth-order valence-electron chi connectivity index (χ4n) is 2.61. The van der Waals surface area contributed by atoms with Gasteiger partial charge in [-0.15, -0.1) is 0 Å². The second kappa shape index (κ2) is 6.33. The van der Waals surface area contributed by atoms with Gasteiger partial charge < -0.3 is 25.4 Å². The molecule has 5 N–H and O–H groups in total. The molecule has 3 rings (SSSR count). The normalized spacial score (nSPS) is 29.6. The van der Waals surface area contributed by atoms with Crippen LogP contribution in [0.1, 0.15) is 20.1 Å². The summed E-state index contributed by atoms with van der Waals surface area (Å²) >= 11 is 0. The number of hydrogen-bond donors (Lipinski definition) is 5. The maximum atomic E-state index is 14.2. The Morgan fingerprint density at radius 1 is 1.56 bits per heavy atom. The number of aromatic nitrogens is 4. The Balaban J connectivity index is 2.01. The van der Waals surface area contributed by atoms with Gasteiger partial charge in [0, 0.05) is 6.54 Å². The van der Waals surface area contributed by atoms with E-state index in [-0.39, 0.29) is 17.1 Å². The first-order valence-corrected chi connectivity index (χ1v) is 7.82. The number of H-pyrrole nitrogens is 1. The Hall–Kier alpha value is -2.08. The molecule has 11 heteroatoms. The number of nitrogens with one attached hydrogen (secondary N) is 2. The van der Waals surface area contributed by atoms with Gasteiger partial charge >= 0.3 is 0 Å². The van der Waals surface area contributed by atoms with Gasteiger partial charge in [-0.3, -0.25) is 14.3 Å². The summed E-state index contributed by atoms with van der Waals surface area (Å²) in [5, 5.41) is 31.8. The number of aromatic amines is 1. The van der Waals surface area contributed by atoms with Crippen LogP contribution < -0.4 is 10.9 Å². The highest BCUT2D eigenvalue weighted by Gasteiger charge is 2.57. The minimum Gasteiger partial charge on any atom is -0.393 e. The van der Waals surface area contributed by atoms with Crippen LogP contribution >= 0.6 is 0 Å². The quantitative estimate of drug-likeness (QED) is 0.463. The predicted octanol–water partition coefficient (Wildman–Crippen LogP) is -0.904. The first kappa shape index (κ1) is 17.7. The van der Waals surface area contributed by atoms with Crippen LogP contribution in [0.5, 0.6) is 0 Å². The molecule has 0 saturated carbocycles. The summed E-state index contributed by atoms with van der Waals surface area (Å²) in [7, 11) is 0. The monoisotopic (exact) mass is 357 g/mol. The summed E-state index contributed by atoms with van der Waals surface area (Å²) in [6, 6.07) is 0. The third kappa shape index (κ3) is 2.99. The fraction of sp³-hybridized carbons (Fsp3) is 0.643. The number of anilines is 1. The summed E-state index contributed by atoms with van der Waals surface area (Å²) in [6.45, 7) is 3.69. The van der Waals surface area contributed by atoms with Crippen molar-refractivity contribution in [2.24, 2.45) is 5.92 Å². The van der Waals surface area contributed by atoms with Gasteiger partial charge in [0.25, 0.3) is 11.4 Å². The van der Waals surface area contributed by atoms with Crippen molar-refractivity contribution >= 4 is 17.1 Å². The van der Waals surface area contributed by atoms with Crippen molar-refractivity contribution in [3.05, 3.63) is 16.7 Å². The Kier molecular flexibility index (Phi) is 4.49. The van der Waals surface area contributed by atoms with E-state index in [9.17, 15) is 19.4 Å². The lowest BCUT2D eigenvalue weighted by atomic mass is 10.1. The zero-order valence-corrected chi connectivity index (χ0v) is 13.7. The first-order chi connectivity index (χ1) is 11.8. The minimum atomic E-state index is -3.14. The maximum absolute atomic E-state index is 14.2. The molecule has 2 aromatic rings. The zero-order valence-electron chi connectivity index (χ0n) is 13.7. The van der Waals surface area contributed by atoms with Gasteiger partial charge in [0.05, 0.1) is 12.9 Å². The Bertz CT molecular complexity index is 820. The van der Waals surface area contributed by atoms with Crippen molar-refractivity contribution in [3.8, 4) is 0 Å². The summed E-state index contributed by atoms with van der Waals surface area (Å²) in [4.78, 5) is 22.8. The van der Waals surface area contributed by atoms with Crippen molar-refractivity contribution in [2.75, 3.05) is 18.5 Å². The van der Waals surface area contributed by atoms with Gasteiger partial charge in [-0.1, -0.05) is 13.8 Å². The number of ether oxygens (including phenoxy) is 1. The standard InChI is InChI=1S/C14H20FN5O5/c1-6(2)3-16-13-18-10-8(11(23)19-13)17-5-20(10)12-9(22)14(15,24)7(4-21)25-12/h5-7,9,12,21-22,24H,3-4H2,1-2H3,(H2,16,18,19,23)/t7-,9+,12-,14-/m1/s1. The van der Waals surface area contributed by atoms with E-state index in [0.717, 1.165) is 10.9 Å². The molecular formula is C14H20FN5O5. The molecule has 0 unspecified atom stereocenters. The lowest BCUT2D eigenvalue weighted by Gasteiger charge is -2.20. The van der Waals surface area contributed by atoms with Crippen LogP contribution in [-0.2, 0) is 4.74 Å². The highest BCUT2D eigenvalue weighted by molar-refractivity contribution is 5.71. The molecule has 0 aliphatic carbocycles. The molecule has 3 heterocycles. The predicted molar refractivity (Wildman–Crippen MR) is 84.5 cm³/mol. The second-order valence-electron chi connectivity index (χ2n) is 6.38. The van der Waals surface area contributed by atoms with Gasteiger partial charge in [0.2, 0.25) is 5.95 Å². The third-order valence-electron chi connectivity index (χ3n) is 3.99. The number of hydrogen-bond acceptors (Lipinski definition) is 8. The van der Waals surface area contributed by atoms with Crippen LogP contribution in [0.4, 0.5) is 10.3 Å². The smallest absolute Gasteiger partial charge is 0.280 e. The highest BCUT2D eigenvalue weighted by atomic mass is 19.2. The molecule has 4 atom stereocenters. The Labute approximate surface area is 141 Å². The van der Waals surface area contributed by atoms with Gasteiger partial charge in [-0.05, 0) is 5.92 Å². The van der Waals surface area contributed by atoms with Crippen molar-refractivity contribution in [3.63, 3.8) is 0 Å². The van der Waals surface area contributed by atoms with Gasteiger partial charge in [-0.25, -0.2) is 9.37 Å². The van der Waals surface area contributed by atoms with Gasteiger partial charge in [-0.2, -0.15) is 4.98 Å². The highest BCUT2D eigenvalue weighted by Crippen LogP contribution is 2.38. The largest absolute Gasteiger partial charge is 0.393 e. The number of aliphatic hydroxyl groups is 3. The average molecular weight is 357 g/mol. The van der Waals surface area contributed by atoms with E-state index < -0.39 is 36.5 Å². The zero-order chi connectivity index (χ0) is 18.4. The summed E-state index contributed by atoms with van der Waals surface area (Å²) < 4.78 is 20.5. The molecular weight excluding hydrogens is 337 g/mol. The molecule has 1 aliphatic rings. The van der Waals surface area contributed by atoms with Crippen LogP contribution in [0.15, 0.2) is 11.1 Å². The van der Waals surface area contributed by atoms with Crippen LogP contribution in [0.25, 0.3) is 11.2 Å². The van der Waals surface area contributed by atoms with E-state index in [4.69, 9.17) is 9.84 Å². The number of aliphatic hydroxyl groups excluding tert-OH is 2. The van der Waals surface area contributed by atoms with Crippen LogP contribution in [0.3, 0.4) is 0 Å². The molecule has 0 amide bonds. The van der Waals surface area contributed by atoms with E-state index in [0.29, 0.717) is 12.5 Å². The number of fused-ring (bicyclic) bond motifs is 1. The van der Waals surface area contributed by atoms with Gasteiger partial charge in [0.15, 0.2) is 23.5 Å². The van der Waals surface area contributed by atoms with E-state index in [1.165, 1.54) is 0 Å². The fourth-order valence-corrected chi connectivity index (χ4v) is 2.61. The topological polar surface area (TPSA) is 146 Å². The number of nitrogens with zero attached hydrogens (tertiary/aromatic N) is 3. The molecule has 0 aromatic carbocycles. The molecule has 0 spiro atoms. The summed E-state index contributed by atoms with van der Waals surface area (Å²) in [5.74, 6) is -2.65. The maximum Gasteiger partial charge on any atom is 0.280 e. The lowest BCUT2D eigenvalue weighted by molar-refractivity contribution is -0.181. The number of imidazole rings is 1. The van der Waals surface area contributed by atoms with Crippen LogP contribution in [-0.4, -0.2) is 66.1 Å². The second-order valence-corrected chi connectivity index (χ2v) is 6.38. The number of alkyl halides is 1. The van der Waals surface area contributed by atoms with E-state index in [1.54, 1.807) is 0 Å². The van der Waals surface area contributed by atoms with Crippen molar-refractivity contribution < 1.29 is 24.4 Å². The third-order valence-corrected chi connectivity index (χ3v) is 3.99. The molecule has 0 radical (unpaired) electrons. The molecule has 138 valence electrons. The molecule has 1 saturated heterocycles. The molecule has 1 aliphatic heterocycles. The van der Waals surface area contributed by atoms with Crippen LogP contribution in [0.2, 0.25) is 0 Å². The molecule has 10 nitrogen and oxygen atoms in total. The first-order valence-electron chi connectivity index (χ1n) is 7.82. The van der Waals surface area contributed by atoms with Crippen molar-refractivity contribution in [2.45, 2.75) is 38.1 Å².